The van der Waals surface area contributed by atoms with Gasteiger partial charge < -0.3 is 9.47 Å². The molecule has 0 aromatic rings. The largest absolute Gasteiger partial charge is 0.438 e. The molecule has 0 saturated heterocycles. The SMILES string of the molecule is CCC(C)(C)C(=O)OCOCC1(C)CCCC1. The zero-order valence-electron chi connectivity index (χ0n) is 11.7. The summed E-state index contributed by atoms with van der Waals surface area (Å²) < 4.78 is 10.6. The summed E-state index contributed by atoms with van der Waals surface area (Å²) in [5, 5.41) is 0. The van der Waals surface area contributed by atoms with Crippen LogP contribution >= 0.6 is 0 Å². The molecule has 0 aliphatic heterocycles. The van der Waals surface area contributed by atoms with E-state index in [0.29, 0.717) is 12.0 Å². The van der Waals surface area contributed by atoms with Crippen LogP contribution in [-0.4, -0.2) is 19.4 Å². The van der Waals surface area contributed by atoms with Gasteiger partial charge in [-0.25, -0.2) is 0 Å². The van der Waals surface area contributed by atoms with E-state index in [2.05, 4.69) is 6.92 Å². The minimum atomic E-state index is -0.402. The van der Waals surface area contributed by atoms with Gasteiger partial charge in [-0.2, -0.15) is 0 Å². The number of hydrogen-bond acceptors (Lipinski definition) is 3. The molecule has 3 heteroatoms. The van der Waals surface area contributed by atoms with E-state index in [-0.39, 0.29) is 12.8 Å². The lowest BCUT2D eigenvalue weighted by molar-refractivity contribution is -0.169. The van der Waals surface area contributed by atoms with Crippen molar-refractivity contribution >= 4 is 5.97 Å². The van der Waals surface area contributed by atoms with Crippen molar-refractivity contribution in [2.45, 2.75) is 59.8 Å². The highest BCUT2D eigenvalue weighted by atomic mass is 16.7. The molecule has 0 N–H and O–H groups in total. The van der Waals surface area contributed by atoms with Crippen LogP contribution in [0.1, 0.15) is 59.8 Å². The van der Waals surface area contributed by atoms with Crippen LogP contribution in [0.15, 0.2) is 0 Å². The summed E-state index contributed by atoms with van der Waals surface area (Å²) in [5.41, 5.74) is -0.104. The van der Waals surface area contributed by atoms with Gasteiger partial charge in [-0.15, -0.1) is 0 Å². The Morgan fingerprint density at radius 1 is 1.29 bits per heavy atom. The smallest absolute Gasteiger partial charge is 0.313 e. The highest BCUT2D eigenvalue weighted by molar-refractivity contribution is 5.75. The lowest BCUT2D eigenvalue weighted by Crippen LogP contribution is -2.28. The van der Waals surface area contributed by atoms with Crippen LogP contribution in [0.2, 0.25) is 0 Å². The molecule has 0 spiro atoms. The Kier molecular flexibility index (Phi) is 4.99. The minimum absolute atomic E-state index is 0.0951. The topological polar surface area (TPSA) is 35.5 Å². The second kappa shape index (κ2) is 5.85. The number of carbonyl (C=O) groups is 1. The van der Waals surface area contributed by atoms with Crippen molar-refractivity contribution in [3.63, 3.8) is 0 Å². The molecule has 3 nitrogen and oxygen atoms in total. The lowest BCUT2D eigenvalue weighted by Gasteiger charge is -2.24. The third-order valence-corrected chi connectivity index (χ3v) is 3.97. The van der Waals surface area contributed by atoms with E-state index in [9.17, 15) is 4.79 Å². The Morgan fingerprint density at radius 2 is 1.88 bits per heavy atom. The van der Waals surface area contributed by atoms with Crippen LogP contribution in [0.25, 0.3) is 0 Å². The average molecular weight is 242 g/mol. The molecule has 0 aromatic carbocycles. The van der Waals surface area contributed by atoms with E-state index in [1.807, 2.05) is 20.8 Å². The standard InChI is InChI=1S/C14H26O3/c1-5-13(2,3)12(15)17-11-16-10-14(4)8-6-7-9-14/h5-11H2,1-4H3. The van der Waals surface area contributed by atoms with Gasteiger partial charge in [0.2, 0.25) is 0 Å². The Labute approximate surface area is 105 Å². The maximum atomic E-state index is 11.7. The zero-order chi connectivity index (χ0) is 12.9. The fourth-order valence-electron chi connectivity index (χ4n) is 2.10. The molecule has 100 valence electrons. The fourth-order valence-corrected chi connectivity index (χ4v) is 2.10. The zero-order valence-corrected chi connectivity index (χ0v) is 11.7. The third-order valence-electron chi connectivity index (χ3n) is 3.97. The molecule has 1 saturated carbocycles. The van der Waals surface area contributed by atoms with Crippen molar-refractivity contribution in [3.8, 4) is 0 Å². The highest BCUT2D eigenvalue weighted by Gasteiger charge is 2.30. The number of rotatable bonds is 6. The van der Waals surface area contributed by atoms with Gasteiger partial charge in [-0.05, 0) is 38.5 Å². The molecule has 1 fully saturated rings. The fraction of sp³-hybridized carbons (Fsp3) is 0.929. The number of esters is 1. The van der Waals surface area contributed by atoms with Crippen LogP contribution < -0.4 is 0 Å². The maximum absolute atomic E-state index is 11.7. The monoisotopic (exact) mass is 242 g/mol. The van der Waals surface area contributed by atoms with Gasteiger partial charge in [-0.1, -0.05) is 26.7 Å². The van der Waals surface area contributed by atoms with Crippen molar-refractivity contribution in [1.29, 1.82) is 0 Å². The average Bonchev–Trinajstić information content (AvgIpc) is 2.71. The van der Waals surface area contributed by atoms with Gasteiger partial charge in [-0.3, -0.25) is 4.79 Å². The summed E-state index contributed by atoms with van der Waals surface area (Å²) in [6, 6.07) is 0. The molecular weight excluding hydrogens is 216 g/mol. The van der Waals surface area contributed by atoms with Crippen molar-refractivity contribution in [3.05, 3.63) is 0 Å². The first kappa shape index (κ1) is 14.5. The van der Waals surface area contributed by atoms with Crippen LogP contribution in [0.3, 0.4) is 0 Å². The minimum Gasteiger partial charge on any atom is -0.438 e. The summed E-state index contributed by atoms with van der Waals surface area (Å²) in [6.07, 6.45) is 5.82. The first-order valence-corrected chi connectivity index (χ1v) is 6.65. The van der Waals surface area contributed by atoms with Crippen LogP contribution in [0.4, 0.5) is 0 Å². The predicted octanol–water partition coefficient (Wildman–Crippen LogP) is 3.52. The molecule has 0 aromatic heterocycles. The molecule has 0 amide bonds. The molecule has 17 heavy (non-hydrogen) atoms. The van der Waals surface area contributed by atoms with E-state index in [4.69, 9.17) is 9.47 Å². The molecule has 0 radical (unpaired) electrons. The van der Waals surface area contributed by atoms with E-state index in [1.54, 1.807) is 0 Å². The number of ether oxygens (including phenoxy) is 2. The Morgan fingerprint density at radius 3 is 2.41 bits per heavy atom. The van der Waals surface area contributed by atoms with Crippen LogP contribution in [-0.2, 0) is 14.3 Å². The van der Waals surface area contributed by atoms with Crippen molar-refractivity contribution in [1.82, 2.24) is 0 Å². The van der Waals surface area contributed by atoms with Crippen LogP contribution in [0, 0.1) is 10.8 Å². The van der Waals surface area contributed by atoms with Gasteiger partial charge in [0, 0.05) is 0 Å². The lowest BCUT2D eigenvalue weighted by atomic mass is 9.90. The quantitative estimate of drug-likeness (QED) is 0.406. The van der Waals surface area contributed by atoms with Gasteiger partial charge in [0.1, 0.15) is 0 Å². The summed E-state index contributed by atoms with van der Waals surface area (Å²) >= 11 is 0. The Hall–Kier alpha value is -0.570. The Balaban J connectivity index is 2.18. The molecule has 0 atom stereocenters. The molecule has 1 aliphatic carbocycles. The molecule has 0 heterocycles. The highest BCUT2D eigenvalue weighted by Crippen LogP contribution is 2.37. The van der Waals surface area contributed by atoms with E-state index in [1.165, 1.54) is 25.7 Å². The molecular formula is C14H26O3. The summed E-state index contributed by atoms with van der Waals surface area (Å²) in [6.45, 7) is 8.82. The third kappa shape index (κ3) is 4.30. The second-order valence-electron chi connectivity index (χ2n) is 6.15. The van der Waals surface area contributed by atoms with Crippen molar-refractivity contribution in [2.75, 3.05) is 13.4 Å². The normalized spacial score (nSPS) is 19.3. The summed E-state index contributed by atoms with van der Waals surface area (Å²) in [7, 11) is 0. The van der Waals surface area contributed by atoms with Gasteiger partial charge in [0.15, 0.2) is 6.79 Å². The van der Waals surface area contributed by atoms with Gasteiger partial charge in [0.25, 0.3) is 0 Å². The first-order chi connectivity index (χ1) is 7.90. The molecule has 0 unspecified atom stereocenters. The van der Waals surface area contributed by atoms with Crippen molar-refractivity contribution < 1.29 is 14.3 Å². The second-order valence-corrected chi connectivity index (χ2v) is 6.15. The summed E-state index contributed by atoms with van der Waals surface area (Å²) in [5.74, 6) is -0.170. The molecule has 1 aliphatic rings. The van der Waals surface area contributed by atoms with E-state index in [0.717, 1.165) is 6.42 Å². The van der Waals surface area contributed by atoms with E-state index >= 15 is 0 Å². The van der Waals surface area contributed by atoms with Crippen LogP contribution in [0.5, 0.6) is 0 Å². The number of carbonyl (C=O) groups excluding carboxylic acids is 1. The first-order valence-electron chi connectivity index (χ1n) is 6.65. The number of hydrogen-bond donors (Lipinski definition) is 0. The Bertz CT molecular complexity index is 252. The maximum Gasteiger partial charge on any atom is 0.313 e. The van der Waals surface area contributed by atoms with Gasteiger partial charge >= 0.3 is 5.97 Å². The molecule has 0 bridgehead atoms. The predicted molar refractivity (Wildman–Crippen MR) is 67.6 cm³/mol. The summed E-state index contributed by atoms with van der Waals surface area (Å²) in [4.78, 5) is 11.7. The molecule has 1 rings (SSSR count). The van der Waals surface area contributed by atoms with Gasteiger partial charge in [0.05, 0.1) is 12.0 Å². The van der Waals surface area contributed by atoms with E-state index < -0.39 is 5.41 Å². The van der Waals surface area contributed by atoms with Crippen molar-refractivity contribution in [2.24, 2.45) is 10.8 Å².